The molecule has 2 atom stereocenters. The molecule has 0 radical (unpaired) electrons. The first-order valence-corrected chi connectivity index (χ1v) is 9.49. The zero-order valence-electron chi connectivity index (χ0n) is 14.9. The maximum atomic E-state index is 12.7. The van der Waals surface area contributed by atoms with Crippen molar-refractivity contribution in [1.82, 2.24) is 9.80 Å². The Morgan fingerprint density at radius 3 is 2.76 bits per heavy atom. The van der Waals surface area contributed by atoms with E-state index < -0.39 is 0 Å². The van der Waals surface area contributed by atoms with Crippen molar-refractivity contribution in [3.8, 4) is 0 Å². The molecule has 3 aliphatic rings. The number of morpholine rings is 1. The SMILES string of the molecule is O=C([C@@H]1C[C@]2(CCCN(Cc3ccccc3)C2)CO1)N1CCOCC1. The molecule has 0 N–H and O–H groups in total. The molecule has 25 heavy (non-hydrogen) atoms. The summed E-state index contributed by atoms with van der Waals surface area (Å²) in [6, 6.07) is 10.7. The van der Waals surface area contributed by atoms with Gasteiger partial charge in [0.05, 0.1) is 19.8 Å². The maximum Gasteiger partial charge on any atom is 0.251 e. The summed E-state index contributed by atoms with van der Waals surface area (Å²) >= 11 is 0. The molecule has 0 unspecified atom stereocenters. The molecule has 3 aliphatic heterocycles. The average molecular weight is 344 g/mol. The van der Waals surface area contributed by atoms with E-state index in [2.05, 4.69) is 35.2 Å². The van der Waals surface area contributed by atoms with Crippen molar-refractivity contribution >= 4 is 5.91 Å². The van der Waals surface area contributed by atoms with Gasteiger partial charge in [0.15, 0.2) is 0 Å². The molecule has 1 aromatic rings. The molecular weight excluding hydrogens is 316 g/mol. The van der Waals surface area contributed by atoms with Crippen molar-refractivity contribution in [3.05, 3.63) is 35.9 Å². The summed E-state index contributed by atoms with van der Waals surface area (Å²) < 4.78 is 11.4. The zero-order valence-corrected chi connectivity index (χ0v) is 14.9. The number of ether oxygens (including phenoxy) is 2. The highest BCUT2D eigenvalue weighted by molar-refractivity contribution is 5.81. The topological polar surface area (TPSA) is 42.0 Å². The van der Waals surface area contributed by atoms with E-state index in [0.717, 1.165) is 32.7 Å². The summed E-state index contributed by atoms with van der Waals surface area (Å²) in [6.45, 7) is 6.58. The average Bonchev–Trinajstić information content (AvgIpc) is 3.06. The highest BCUT2D eigenvalue weighted by Crippen LogP contribution is 2.41. The molecular formula is C20H28N2O3. The first-order valence-electron chi connectivity index (χ1n) is 9.49. The van der Waals surface area contributed by atoms with Crippen LogP contribution in [0.4, 0.5) is 0 Å². The molecule has 5 nitrogen and oxygen atoms in total. The van der Waals surface area contributed by atoms with Crippen molar-refractivity contribution in [3.63, 3.8) is 0 Å². The van der Waals surface area contributed by atoms with Gasteiger partial charge in [-0.15, -0.1) is 0 Å². The molecule has 0 bridgehead atoms. The number of piperidine rings is 1. The molecule has 1 amide bonds. The van der Waals surface area contributed by atoms with E-state index in [9.17, 15) is 4.79 Å². The number of benzene rings is 1. The molecule has 1 aromatic carbocycles. The van der Waals surface area contributed by atoms with Gasteiger partial charge in [0.1, 0.15) is 6.10 Å². The van der Waals surface area contributed by atoms with E-state index in [-0.39, 0.29) is 17.4 Å². The lowest BCUT2D eigenvalue weighted by atomic mass is 9.78. The minimum absolute atomic E-state index is 0.152. The Morgan fingerprint density at radius 2 is 1.96 bits per heavy atom. The summed E-state index contributed by atoms with van der Waals surface area (Å²) in [5, 5.41) is 0. The molecule has 5 heteroatoms. The zero-order chi connectivity index (χ0) is 17.1. The van der Waals surface area contributed by atoms with Crippen LogP contribution in [0, 0.1) is 5.41 Å². The second kappa shape index (κ2) is 7.44. The van der Waals surface area contributed by atoms with Crippen molar-refractivity contribution in [2.45, 2.75) is 31.9 Å². The first-order chi connectivity index (χ1) is 12.2. The Bertz CT molecular complexity index is 588. The van der Waals surface area contributed by atoms with Crippen LogP contribution in [0.1, 0.15) is 24.8 Å². The highest BCUT2D eigenvalue weighted by atomic mass is 16.5. The van der Waals surface area contributed by atoms with Crippen LogP contribution in [0.5, 0.6) is 0 Å². The van der Waals surface area contributed by atoms with Crippen LogP contribution in [0.2, 0.25) is 0 Å². The number of nitrogens with zero attached hydrogens (tertiary/aromatic N) is 2. The first kappa shape index (κ1) is 17.0. The second-order valence-corrected chi connectivity index (χ2v) is 7.74. The van der Waals surface area contributed by atoms with Gasteiger partial charge in [0.2, 0.25) is 0 Å². The minimum Gasteiger partial charge on any atom is -0.378 e. The largest absolute Gasteiger partial charge is 0.378 e. The Balaban J connectivity index is 1.36. The van der Waals surface area contributed by atoms with Crippen LogP contribution in [-0.4, -0.2) is 67.8 Å². The van der Waals surface area contributed by atoms with Gasteiger partial charge in [-0.2, -0.15) is 0 Å². The van der Waals surface area contributed by atoms with E-state index in [1.165, 1.54) is 18.4 Å². The van der Waals surface area contributed by atoms with Gasteiger partial charge < -0.3 is 14.4 Å². The fourth-order valence-electron chi connectivity index (χ4n) is 4.51. The molecule has 4 rings (SSSR count). The smallest absolute Gasteiger partial charge is 0.251 e. The molecule has 0 aromatic heterocycles. The lowest BCUT2D eigenvalue weighted by Crippen LogP contribution is -2.46. The molecule has 136 valence electrons. The number of carbonyl (C=O) groups is 1. The van der Waals surface area contributed by atoms with Crippen LogP contribution in [0.15, 0.2) is 30.3 Å². The van der Waals surface area contributed by atoms with Gasteiger partial charge in [0, 0.05) is 31.6 Å². The third kappa shape index (κ3) is 3.89. The van der Waals surface area contributed by atoms with E-state index >= 15 is 0 Å². The Hall–Kier alpha value is -1.43. The van der Waals surface area contributed by atoms with Gasteiger partial charge >= 0.3 is 0 Å². The van der Waals surface area contributed by atoms with E-state index in [0.29, 0.717) is 26.3 Å². The Morgan fingerprint density at radius 1 is 1.16 bits per heavy atom. The standard InChI is InChI=1S/C20H28N2O3/c23-19(22-9-11-24-12-10-22)18-13-20(16-25-18)7-4-8-21(15-20)14-17-5-2-1-3-6-17/h1-3,5-6,18H,4,7-16H2/t18-,20-/m0/s1. The van der Waals surface area contributed by atoms with Crippen molar-refractivity contribution < 1.29 is 14.3 Å². The van der Waals surface area contributed by atoms with Crippen LogP contribution >= 0.6 is 0 Å². The van der Waals surface area contributed by atoms with Gasteiger partial charge in [-0.3, -0.25) is 9.69 Å². The van der Waals surface area contributed by atoms with Crippen LogP contribution < -0.4 is 0 Å². The third-order valence-corrected chi connectivity index (χ3v) is 5.80. The summed E-state index contributed by atoms with van der Waals surface area (Å²) in [4.78, 5) is 17.2. The van der Waals surface area contributed by atoms with Crippen molar-refractivity contribution in [2.75, 3.05) is 46.0 Å². The van der Waals surface area contributed by atoms with Crippen molar-refractivity contribution in [2.24, 2.45) is 5.41 Å². The lowest BCUT2D eigenvalue weighted by Gasteiger charge is -2.39. The maximum absolute atomic E-state index is 12.7. The van der Waals surface area contributed by atoms with Gasteiger partial charge in [0.25, 0.3) is 5.91 Å². The fraction of sp³-hybridized carbons (Fsp3) is 0.650. The van der Waals surface area contributed by atoms with Crippen molar-refractivity contribution in [1.29, 1.82) is 0 Å². The van der Waals surface area contributed by atoms with Gasteiger partial charge in [-0.25, -0.2) is 0 Å². The molecule has 1 spiro atoms. The molecule has 3 fully saturated rings. The number of hydrogen-bond acceptors (Lipinski definition) is 4. The number of carbonyl (C=O) groups excluding carboxylic acids is 1. The normalized spacial score (nSPS) is 30.7. The minimum atomic E-state index is -0.255. The predicted octanol–water partition coefficient (Wildman–Crippen LogP) is 1.92. The summed E-state index contributed by atoms with van der Waals surface area (Å²) in [5.41, 5.74) is 1.51. The van der Waals surface area contributed by atoms with Gasteiger partial charge in [-0.1, -0.05) is 30.3 Å². The van der Waals surface area contributed by atoms with E-state index in [1.54, 1.807) is 0 Å². The number of amides is 1. The van der Waals surface area contributed by atoms with E-state index in [1.807, 2.05) is 4.90 Å². The highest BCUT2D eigenvalue weighted by Gasteiger charge is 2.46. The number of likely N-dealkylation sites (tertiary alicyclic amines) is 1. The van der Waals surface area contributed by atoms with Crippen LogP contribution in [-0.2, 0) is 20.8 Å². The Labute approximate surface area is 149 Å². The van der Waals surface area contributed by atoms with Crippen LogP contribution in [0.3, 0.4) is 0 Å². The second-order valence-electron chi connectivity index (χ2n) is 7.74. The molecule has 0 saturated carbocycles. The number of rotatable bonds is 3. The Kier molecular flexibility index (Phi) is 5.06. The summed E-state index contributed by atoms with van der Waals surface area (Å²) in [6.07, 6.45) is 2.98. The molecule has 3 saturated heterocycles. The molecule has 0 aliphatic carbocycles. The summed E-state index contributed by atoms with van der Waals surface area (Å²) in [5.74, 6) is 0.167. The van der Waals surface area contributed by atoms with Crippen LogP contribution in [0.25, 0.3) is 0 Å². The predicted molar refractivity (Wildman–Crippen MR) is 95.1 cm³/mol. The summed E-state index contributed by atoms with van der Waals surface area (Å²) in [7, 11) is 0. The monoisotopic (exact) mass is 344 g/mol. The van der Waals surface area contributed by atoms with E-state index in [4.69, 9.17) is 9.47 Å². The lowest BCUT2D eigenvalue weighted by molar-refractivity contribution is -0.144. The molecule has 3 heterocycles. The third-order valence-electron chi connectivity index (χ3n) is 5.80. The number of hydrogen-bond donors (Lipinski definition) is 0. The van der Waals surface area contributed by atoms with Gasteiger partial charge in [-0.05, 0) is 31.4 Å². The fourth-order valence-corrected chi connectivity index (χ4v) is 4.51. The quantitative estimate of drug-likeness (QED) is 0.840.